The smallest absolute Gasteiger partial charge is 0.368 e. The van der Waals surface area contributed by atoms with Crippen LogP contribution >= 0.6 is 19.4 Å². The second kappa shape index (κ2) is 10.1. The number of halogens is 6. The van der Waals surface area contributed by atoms with Crippen LogP contribution in [0.1, 0.15) is 25.7 Å². The Bertz CT molecular complexity index is 1460. The lowest BCUT2D eigenvalue weighted by atomic mass is 10.1. The number of ether oxygens (including phenoxy) is 1. The van der Waals surface area contributed by atoms with E-state index in [0.717, 1.165) is 18.1 Å². The highest BCUT2D eigenvalue weighted by atomic mass is 32.2. The number of nitro benzene ring substituents is 1. The zero-order chi connectivity index (χ0) is 29.7. The van der Waals surface area contributed by atoms with Crippen molar-refractivity contribution in [1.82, 2.24) is 19.5 Å². The Labute approximate surface area is 224 Å². The van der Waals surface area contributed by atoms with Gasteiger partial charge in [0.2, 0.25) is 5.95 Å². The zero-order valence-corrected chi connectivity index (χ0v) is 21.6. The van der Waals surface area contributed by atoms with Crippen LogP contribution in [0, 0.1) is 10.1 Å². The quantitative estimate of drug-likeness (QED) is 0.0937. The Morgan fingerprint density at radius 2 is 1.68 bits per heavy atom. The molecule has 218 valence electrons. The normalized spacial score (nSPS) is 15.9. The van der Waals surface area contributed by atoms with E-state index in [-0.39, 0.29) is 40.7 Å². The highest BCUT2D eigenvalue weighted by Gasteiger charge is 2.64. The van der Waals surface area contributed by atoms with Gasteiger partial charge in [0.25, 0.3) is 5.69 Å². The van der Waals surface area contributed by atoms with E-state index in [4.69, 9.17) is 10.5 Å². The monoisotopic (exact) mass is 616 g/mol. The number of rotatable bonds is 10. The molecule has 0 bridgehead atoms. The summed E-state index contributed by atoms with van der Waals surface area (Å²) >= 11 is 1.01. The summed E-state index contributed by atoms with van der Waals surface area (Å²) in [6.07, 6.45) is -14.9. The lowest BCUT2D eigenvalue weighted by molar-refractivity contribution is -0.384. The van der Waals surface area contributed by atoms with E-state index < -0.39 is 55.2 Å². The van der Waals surface area contributed by atoms with E-state index in [1.807, 2.05) is 0 Å². The third kappa shape index (κ3) is 6.83. The van der Waals surface area contributed by atoms with Crippen LogP contribution in [0.15, 0.2) is 40.5 Å². The molecule has 0 unspecified atom stereocenters. The second-order valence-corrected chi connectivity index (χ2v) is 12.1. The van der Waals surface area contributed by atoms with Crippen molar-refractivity contribution in [3.63, 3.8) is 0 Å². The third-order valence-corrected chi connectivity index (χ3v) is 8.32. The first kappa shape index (κ1) is 30.0. The number of nitrogens with zero attached hydrogens (tertiary/aromatic N) is 5. The summed E-state index contributed by atoms with van der Waals surface area (Å²) in [5, 5.41) is 7.17. The minimum Gasteiger partial charge on any atom is -0.368 e. The highest BCUT2D eigenvalue weighted by molar-refractivity contribution is 7.99. The van der Waals surface area contributed by atoms with Crippen molar-refractivity contribution in [3.8, 4) is 0 Å². The third-order valence-electron chi connectivity index (χ3n) is 5.87. The van der Waals surface area contributed by atoms with Crippen molar-refractivity contribution in [1.29, 1.82) is 0 Å². The summed E-state index contributed by atoms with van der Waals surface area (Å²) in [4.78, 5) is 42.5. The molecular formula is C20H19F6N6O6PS. The molecule has 2 aromatic heterocycles. The molecule has 1 aliphatic rings. The summed E-state index contributed by atoms with van der Waals surface area (Å²) < 4.78 is 98.3. The molecule has 0 atom stereocenters. The summed E-state index contributed by atoms with van der Waals surface area (Å²) in [7, 11) is -6.14. The Morgan fingerprint density at radius 1 is 1.10 bits per heavy atom. The lowest BCUT2D eigenvalue weighted by Crippen LogP contribution is -2.46. The predicted octanol–water partition coefficient (Wildman–Crippen LogP) is 4.80. The zero-order valence-electron chi connectivity index (χ0n) is 19.9. The highest BCUT2D eigenvalue weighted by Crippen LogP contribution is 2.63. The van der Waals surface area contributed by atoms with Crippen molar-refractivity contribution in [3.05, 3.63) is 40.7 Å². The van der Waals surface area contributed by atoms with Gasteiger partial charge >= 0.3 is 19.9 Å². The van der Waals surface area contributed by atoms with Crippen LogP contribution in [-0.2, 0) is 15.8 Å². The van der Waals surface area contributed by atoms with Gasteiger partial charge in [0, 0.05) is 17.0 Å². The number of benzene rings is 1. The van der Waals surface area contributed by atoms with Crippen LogP contribution < -0.4 is 5.73 Å². The molecule has 3 aromatic rings. The number of nitro groups is 1. The number of aromatic nitrogens is 4. The molecule has 1 aliphatic carbocycles. The van der Waals surface area contributed by atoms with E-state index >= 15 is 0 Å². The minimum absolute atomic E-state index is 0.0280. The van der Waals surface area contributed by atoms with Crippen molar-refractivity contribution in [2.24, 2.45) is 0 Å². The van der Waals surface area contributed by atoms with Gasteiger partial charge in [-0.15, -0.1) is 0 Å². The van der Waals surface area contributed by atoms with Crippen molar-refractivity contribution in [2.45, 2.75) is 65.4 Å². The Morgan fingerprint density at radius 3 is 2.15 bits per heavy atom. The van der Waals surface area contributed by atoms with Gasteiger partial charge in [-0.2, -0.15) is 31.3 Å². The van der Waals surface area contributed by atoms with Gasteiger partial charge in [-0.1, -0.05) is 11.8 Å². The fraction of sp³-hybridized carbons (Fsp3) is 0.450. The molecular weight excluding hydrogens is 597 g/mol. The molecule has 0 spiro atoms. The molecule has 1 saturated carbocycles. The number of imidazole rings is 1. The van der Waals surface area contributed by atoms with Gasteiger partial charge in [0.1, 0.15) is 10.5 Å². The van der Waals surface area contributed by atoms with E-state index in [2.05, 4.69) is 15.0 Å². The van der Waals surface area contributed by atoms with Crippen molar-refractivity contribution in [2.75, 3.05) is 5.73 Å². The number of non-ortho nitro benzene ring substituents is 1. The molecule has 0 saturated heterocycles. The molecule has 0 radical (unpaired) electrons. The standard InChI is InChI=1S/C20H19F6N6O6PS/c21-19(22,23)7-18(39(35,36)37,8-20(24,25)26)38-17(5-6-17)9-31-10-28-13-14(31)29-16(27)30-15(13)40-12-3-1-11(2-4-12)32(33)34/h1-4,10H,5-9H2,(H2,27,29,30)(H2,35,36,37). The molecule has 12 nitrogen and oxygen atoms in total. The average molecular weight is 616 g/mol. The number of alkyl halides is 6. The van der Waals surface area contributed by atoms with E-state index in [9.17, 15) is 50.8 Å². The van der Waals surface area contributed by atoms with E-state index in [0.29, 0.717) is 4.90 Å². The number of hydrogen-bond acceptors (Lipinski definition) is 9. The molecule has 4 N–H and O–H groups in total. The topological polar surface area (TPSA) is 180 Å². The Balaban J connectivity index is 1.67. The first-order valence-corrected chi connectivity index (χ1v) is 13.5. The van der Waals surface area contributed by atoms with Crippen LogP contribution in [0.5, 0.6) is 0 Å². The van der Waals surface area contributed by atoms with Crippen LogP contribution in [0.2, 0.25) is 0 Å². The molecule has 20 heteroatoms. The maximum absolute atomic E-state index is 13.3. The molecule has 1 aromatic carbocycles. The summed E-state index contributed by atoms with van der Waals surface area (Å²) in [5.41, 5.74) is 4.01. The molecule has 1 fully saturated rings. The fourth-order valence-corrected chi connectivity index (χ4v) is 6.00. The summed E-state index contributed by atoms with van der Waals surface area (Å²) in [6.45, 7) is -0.445. The molecule has 2 heterocycles. The maximum Gasteiger partial charge on any atom is 0.392 e. The maximum atomic E-state index is 13.3. The van der Waals surface area contributed by atoms with Gasteiger partial charge in [0.15, 0.2) is 11.0 Å². The Kier molecular flexibility index (Phi) is 7.59. The van der Waals surface area contributed by atoms with Gasteiger partial charge in [0.05, 0.1) is 36.2 Å². The largest absolute Gasteiger partial charge is 0.392 e. The van der Waals surface area contributed by atoms with Gasteiger partial charge < -0.3 is 24.8 Å². The number of nitrogen functional groups attached to an aromatic ring is 1. The van der Waals surface area contributed by atoms with Gasteiger partial charge in [-0.3, -0.25) is 14.7 Å². The number of fused-ring (bicyclic) bond motifs is 1. The minimum atomic E-state index is -6.14. The molecule has 4 rings (SSSR count). The van der Waals surface area contributed by atoms with Gasteiger partial charge in [-0.25, -0.2) is 9.97 Å². The Hall–Kier alpha value is -2.99. The molecule has 0 aliphatic heterocycles. The molecule has 0 amide bonds. The average Bonchev–Trinajstić information content (AvgIpc) is 3.41. The van der Waals surface area contributed by atoms with E-state index in [1.165, 1.54) is 28.8 Å². The first-order valence-electron chi connectivity index (χ1n) is 11.1. The first-order chi connectivity index (χ1) is 18.3. The summed E-state index contributed by atoms with van der Waals surface area (Å²) in [6, 6.07) is 5.40. The number of anilines is 1. The van der Waals surface area contributed by atoms with Crippen LogP contribution in [-0.4, -0.2) is 57.5 Å². The number of nitrogens with two attached hydrogens (primary N) is 1. The van der Waals surface area contributed by atoms with Gasteiger partial charge in [-0.05, 0) is 25.0 Å². The van der Waals surface area contributed by atoms with Crippen molar-refractivity contribution < 1.29 is 50.4 Å². The van der Waals surface area contributed by atoms with Crippen LogP contribution in [0.25, 0.3) is 11.2 Å². The van der Waals surface area contributed by atoms with Crippen LogP contribution in [0.3, 0.4) is 0 Å². The fourth-order valence-electron chi connectivity index (χ4n) is 4.04. The SMILES string of the molecule is Nc1nc(Sc2ccc([N+](=O)[O-])cc2)c2ncn(CC3(OC(CC(F)(F)F)(CC(F)(F)F)P(=O)(O)O)CC3)c2n1. The van der Waals surface area contributed by atoms with Crippen LogP contribution in [0.4, 0.5) is 38.0 Å². The summed E-state index contributed by atoms with van der Waals surface area (Å²) in [5.74, 6) is -0.261. The van der Waals surface area contributed by atoms with E-state index in [1.54, 1.807) is 0 Å². The lowest BCUT2D eigenvalue weighted by Gasteiger charge is -2.38. The molecule has 40 heavy (non-hydrogen) atoms. The predicted molar refractivity (Wildman–Crippen MR) is 126 cm³/mol. The second-order valence-electron chi connectivity index (χ2n) is 9.14. The van der Waals surface area contributed by atoms with Crippen molar-refractivity contribution >= 4 is 42.2 Å². The number of hydrogen-bond donors (Lipinski definition) is 3.